The van der Waals surface area contributed by atoms with Crippen molar-refractivity contribution in [2.45, 2.75) is 58.3 Å². The second-order valence-corrected chi connectivity index (χ2v) is 9.79. The van der Waals surface area contributed by atoms with Crippen molar-refractivity contribution in [2.75, 3.05) is 5.32 Å². The zero-order valence-electron chi connectivity index (χ0n) is 16.2. The Kier molecular flexibility index (Phi) is 5.21. The van der Waals surface area contributed by atoms with Gasteiger partial charge < -0.3 is 16.2 Å². The summed E-state index contributed by atoms with van der Waals surface area (Å²) in [5.74, 6) is -1.93. The van der Waals surface area contributed by atoms with Gasteiger partial charge in [0.1, 0.15) is 5.00 Å². The lowest BCUT2D eigenvalue weighted by molar-refractivity contribution is -0.148. The molecule has 0 aliphatic heterocycles. The molecular weight excluding hydrogens is 376 g/mol. The van der Waals surface area contributed by atoms with Crippen LogP contribution in [0.3, 0.4) is 0 Å². The van der Waals surface area contributed by atoms with Crippen LogP contribution in [-0.4, -0.2) is 22.9 Å². The molecule has 3 aliphatic rings. The molecule has 3 aliphatic carbocycles. The Bertz CT molecular complexity index is 818. The average molecular weight is 405 g/mol. The van der Waals surface area contributed by atoms with Gasteiger partial charge in [0.05, 0.1) is 17.4 Å². The molecule has 2 saturated carbocycles. The molecule has 1 aromatic rings. The number of amides is 2. The molecule has 0 radical (unpaired) electrons. The van der Waals surface area contributed by atoms with E-state index in [0.717, 1.165) is 61.8 Å². The van der Waals surface area contributed by atoms with Crippen LogP contribution >= 0.6 is 11.3 Å². The number of hydrogen-bond donors (Lipinski definition) is 3. The first-order valence-corrected chi connectivity index (χ1v) is 11.2. The summed E-state index contributed by atoms with van der Waals surface area (Å²) in [6.45, 7) is 2.18. The minimum Gasteiger partial charge on any atom is -0.481 e. The maximum atomic E-state index is 13.1. The summed E-state index contributed by atoms with van der Waals surface area (Å²) >= 11 is 1.46. The normalized spacial score (nSPS) is 30.8. The molecule has 7 heteroatoms. The van der Waals surface area contributed by atoms with Gasteiger partial charge in [0.2, 0.25) is 5.91 Å². The Morgan fingerprint density at radius 2 is 1.89 bits per heavy atom. The van der Waals surface area contributed by atoms with Gasteiger partial charge in [0, 0.05) is 4.88 Å². The summed E-state index contributed by atoms with van der Waals surface area (Å²) in [5.41, 5.74) is 7.10. The Balaban J connectivity index is 1.59. The highest BCUT2D eigenvalue weighted by atomic mass is 32.1. The fraction of sp³-hybridized carbons (Fsp3) is 0.667. The summed E-state index contributed by atoms with van der Waals surface area (Å²) in [5, 5.41) is 13.1. The van der Waals surface area contributed by atoms with Crippen molar-refractivity contribution >= 4 is 34.1 Å². The number of anilines is 1. The molecule has 6 nitrogen and oxygen atoms in total. The largest absolute Gasteiger partial charge is 0.481 e. The van der Waals surface area contributed by atoms with Gasteiger partial charge in [-0.25, -0.2) is 0 Å². The van der Waals surface area contributed by atoms with Crippen molar-refractivity contribution in [1.29, 1.82) is 0 Å². The van der Waals surface area contributed by atoms with E-state index in [4.69, 9.17) is 5.73 Å². The summed E-state index contributed by atoms with van der Waals surface area (Å²) < 4.78 is 0. The van der Waals surface area contributed by atoms with E-state index in [0.29, 0.717) is 16.5 Å². The fourth-order valence-electron chi connectivity index (χ4n) is 5.88. The van der Waals surface area contributed by atoms with Crippen LogP contribution in [0, 0.1) is 29.6 Å². The molecule has 0 unspecified atom stereocenters. The van der Waals surface area contributed by atoms with Crippen LogP contribution in [-0.2, 0) is 22.4 Å². The van der Waals surface area contributed by atoms with E-state index in [9.17, 15) is 19.5 Å². The van der Waals surface area contributed by atoms with Crippen LogP contribution in [0.4, 0.5) is 5.00 Å². The van der Waals surface area contributed by atoms with Crippen LogP contribution in [0.5, 0.6) is 0 Å². The SMILES string of the molecule is CCC[C@@H]1CCc2c(sc(NC(=O)[C@H]3[C@H]4CC[C@@H](C4)[C@H]3C(=O)O)c2C(N)=O)C1. The van der Waals surface area contributed by atoms with E-state index in [1.54, 1.807) is 0 Å². The molecule has 0 aromatic carbocycles. The van der Waals surface area contributed by atoms with Gasteiger partial charge in [0.15, 0.2) is 0 Å². The predicted octanol–water partition coefficient (Wildman–Crippen LogP) is 3.44. The van der Waals surface area contributed by atoms with Crippen LogP contribution < -0.4 is 11.1 Å². The average Bonchev–Trinajstić information content (AvgIpc) is 3.33. The number of aliphatic carboxylic acids is 1. The van der Waals surface area contributed by atoms with Crippen LogP contribution in [0.25, 0.3) is 0 Å². The molecule has 1 heterocycles. The number of carbonyl (C=O) groups is 3. The number of hydrogen-bond acceptors (Lipinski definition) is 4. The van der Waals surface area contributed by atoms with Crippen molar-refractivity contribution in [3.05, 3.63) is 16.0 Å². The Hall–Kier alpha value is -1.89. The molecule has 2 bridgehead atoms. The minimum atomic E-state index is -0.879. The minimum absolute atomic E-state index is 0.0974. The monoisotopic (exact) mass is 404 g/mol. The van der Waals surface area contributed by atoms with Crippen molar-refractivity contribution in [2.24, 2.45) is 35.3 Å². The Morgan fingerprint density at radius 3 is 2.54 bits per heavy atom. The van der Waals surface area contributed by atoms with E-state index in [1.165, 1.54) is 11.3 Å². The highest BCUT2D eigenvalue weighted by Crippen LogP contribution is 2.53. The Labute approximate surface area is 168 Å². The van der Waals surface area contributed by atoms with Gasteiger partial charge in [0.25, 0.3) is 5.91 Å². The van der Waals surface area contributed by atoms with Gasteiger partial charge >= 0.3 is 5.97 Å². The molecule has 2 amide bonds. The highest BCUT2D eigenvalue weighted by Gasteiger charge is 2.54. The summed E-state index contributed by atoms with van der Waals surface area (Å²) in [7, 11) is 0. The fourth-order valence-corrected chi connectivity index (χ4v) is 7.25. The molecule has 0 saturated heterocycles. The zero-order chi connectivity index (χ0) is 20.0. The molecule has 4 rings (SSSR count). The molecule has 2 fully saturated rings. The number of carboxylic acids is 1. The number of rotatable bonds is 6. The lowest BCUT2D eigenvalue weighted by Gasteiger charge is -2.26. The Morgan fingerprint density at radius 1 is 1.18 bits per heavy atom. The first kappa shape index (κ1) is 19.4. The standard InChI is InChI=1S/C21H28N2O4S/c1-2-3-10-4-7-13-14(8-10)28-20(17(13)18(22)24)23-19(25)15-11-5-6-12(9-11)16(15)21(26)27/h10-12,15-16H,2-9H2,1H3,(H2,22,24)(H,23,25)(H,26,27)/t10-,11+,12+,15+,16-/m1/s1. The van der Waals surface area contributed by atoms with Gasteiger partial charge in [-0.3, -0.25) is 14.4 Å². The first-order valence-electron chi connectivity index (χ1n) is 10.4. The van der Waals surface area contributed by atoms with E-state index >= 15 is 0 Å². The lowest BCUT2D eigenvalue weighted by Crippen LogP contribution is -2.38. The maximum absolute atomic E-state index is 13.1. The summed E-state index contributed by atoms with van der Waals surface area (Å²) in [4.78, 5) is 38.1. The second-order valence-electron chi connectivity index (χ2n) is 8.68. The molecule has 1 aromatic heterocycles. The first-order chi connectivity index (χ1) is 13.4. The third-order valence-corrected chi connectivity index (χ3v) is 8.22. The number of primary amides is 1. The number of nitrogens with one attached hydrogen (secondary N) is 1. The van der Waals surface area contributed by atoms with Gasteiger partial charge in [-0.15, -0.1) is 11.3 Å². The van der Waals surface area contributed by atoms with E-state index in [1.807, 2.05) is 0 Å². The number of thiophene rings is 1. The highest BCUT2D eigenvalue weighted by molar-refractivity contribution is 7.17. The van der Waals surface area contributed by atoms with Crippen LogP contribution in [0.2, 0.25) is 0 Å². The maximum Gasteiger partial charge on any atom is 0.307 e. The van der Waals surface area contributed by atoms with Crippen molar-refractivity contribution in [3.8, 4) is 0 Å². The molecular formula is C21H28N2O4S. The second kappa shape index (κ2) is 7.50. The van der Waals surface area contributed by atoms with Gasteiger partial charge in [-0.1, -0.05) is 19.8 Å². The molecule has 28 heavy (non-hydrogen) atoms. The van der Waals surface area contributed by atoms with Crippen molar-refractivity contribution < 1.29 is 19.5 Å². The third kappa shape index (κ3) is 3.23. The molecule has 0 spiro atoms. The van der Waals surface area contributed by atoms with Crippen molar-refractivity contribution in [3.63, 3.8) is 0 Å². The quantitative estimate of drug-likeness (QED) is 0.674. The van der Waals surface area contributed by atoms with Crippen molar-refractivity contribution in [1.82, 2.24) is 0 Å². The topological polar surface area (TPSA) is 109 Å². The van der Waals surface area contributed by atoms with Crippen LogP contribution in [0.1, 0.15) is 66.2 Å². The van der Waals surface area contributed by atoms with E-state index in [2.05, 4.69) is 12.2 Å². The van der Waals surface area contributed by atoms with Gasteiger partial charge in [-0.05, 0) is 61.8 Å². The third-order valence-electron chi connectivity index (χ3n) is 7.05. The molecule has 5 atom stereocenters. The number of fused-ring (bicyclic) bond motifs is 3. The van der Waals surface area contributed by atoms with E-state index < -0.39 is 23.7 Å². The smallest absolute Gasteiger partial charge is 0.307 e. The predicted molar refractivity (Wildman–Crippen MR) is 107 cm³/mol. The number of carbonyl (C=O) groups excluding carboxylic acids is 2. The van der Waals surface area contributed by atoms with Gasteiger partial charge in [-0.2, -0.15) is 0 Å². The number of nitrogens with two attached hydrogens (primary N) is 1. The summed E-state index contributed by atoms with van der Waals surface area (Å²) in [6, 6.07) is 0. The lowest BCUT2D eigenvalue weighted by atomic mass is 9.78. The zero-order valence-corrected chi connectivity index (χ0v) is 17.0. The molecule has 152 valence electrons. The molecule has 4 N–H and O–H groups in total. The van der Waals surface area contributed by atoms with Crippen LogP contribution in [0.15, 0.2) is 0 Å². The summed E-state index contributed by atoms with van der Waals surface area (Å²) in [6.07, 6.45) is 7.70. The number of carboxylic acid groups (broad SMARTS) is 1. The van der Waals surface area contributed by atoms with E-state index in [-0.39, 0.29) is 17.7 Å².